The lowest BCUT2D eigenvalue weighted by molar-refractivity contribution is -0.120. The first-order valence-corrected chi connectivity index (χ1v) is 6.13. The normalized spacial score (nSPS) is 11.7. The molecule has 0 aromatic carbocycles. The fraction of sp³-hybridized carbons (Fsp3) is 0.455. The summed E-state index contributed by atoms with van der Waals surface area (Å²) in [5, 5.41) is 9.05. The molecule has 0 atom stereocenters. The Balaban J connectivity index is 3.27. The van der Waals surface area contributed by atoms with Crippen molar-refractivity contribution in [2.24, 2.45) is 0 Å². The maximum absolute atomic E-state index is 12.5. The van der Waals surface area contributed by atoms with Gasteiger partial charge in [-0.15, -0.1) is 0 Å². The molecule has 19 heavy (non-hydrogen) atoms. The van der Waals surface area contributed by atoms with Crippen LogP contribution in [0.1, 0.15) is 24.2 Å². The highest BCUT2D eigenvalue weighted by Crippen LogP contribution is 2.27. The predicted molar refractivity (Wildman–Crippen MR) is 67.4 cm³/mol. The van der Waals surface area contributed by atoms with Crippen molar-refractivity contribution >= 4 is 27.7 Å². The van der Waals surface area contributed by atoms with Gasteiger partial charge in [0.1, 0.15) is 17.9 Å². The van der Waals surface area contributed by atoms with Crippen molar-refractivity contribution in [3.63, 3.8) is 0 Å². The highest BCUT2D eigenvalue weighted by atomic mass is 79.9. The minimum atomic E-state index is -4.44. The number of carbonyl (C=O) groups is 1. The Morgan fingerprint density at radius 2 is 2.11 bits per heavy atom. The summed E-state index contributed by atoms with van der Waals surface area (Å²) in [7, 11) is 0. The fourth-order valence-corrected chi connectivity index (χ4v) is 1.84. The molecular weight excluding hydrogens is 329 g/mol. The van der Waals surface area contributed by atoms with E-state index < -0.39 is 24.7 Å². The molecule has 0 aliphatic heterocycles. The third-order valence-electron chi connectivity index (χ3n) is 2.31. The zero-order valence-electron chi connectivity index (χ0n) is 10.2. The Labute approximate surface area is 116 Å². The van der Waals surface area contributed by atoms with E-state index in [1.165, 1.54) is 12.3 Å². The molecule has 0 aliphatic rings. The van der Waals surface area contributed by atoms with E-state index in [-0.39, 0.29) is 11.4 Å². The van der Waals surface area contributed by atoms with Crippen molar-refractivity contribution in [1.29, 1.82) is 0 Å². The van der Waals surface area contributed by atoms with Crippen molar-refractivity contribution in [2.75, 3.05) is 11.4 Å². The zero-order chi connectivity index (χ0) is 14.8. The number of aromatic carboxylic acids is 1. The number of halogens is 4. The molecule has 4 nitrogen and oxygen atoms in total. The van der Waals surface area contributed by atoms with E-state index >= 15 is 0 Å². The number of hydrogen-bond acceptors (Lipinski definition) is 3. The highest BCUT2D eigenvalue weighted by molar-refractivity contribution is 9.10. The predicted octanol–water partition coefficient (Wildman–Crippen LogP) is 3.32. The number of pyridine rings is 1. The second-order valence-electron chi connectivity index (χ2n) is 4.17. The quantitative estimate of drug-likeness (QED) is 0.913. The van der Waals surface area contributed by atoms with Gasteiger partial charge in [0, 0.05) is 16.7 Å². The average Bonchev–Trinajstić information content (AvgIpc) is 2.24. The van der Waals surface area contributed by atoms with Crippen LogP contribution < -0.4 is 4.90 Å². The van der Waals surface area contributed by atoms with Gasteiger partial charge in [-0.3, -0.25) is 0 Å². The fourth-order valence-electron chi connectivity index (χ4n) is 1.51. The second-order valence-corrected chi connectivity index (χ2v) is 5.08. The summed E-state index contributed by atoms with van der Waals surface area (Å²) in [5.74, 6) is -1.51. The smallest absolute Gasteiger partial charge is 0.405 e. The Kier molecular flexibility index (Phi) is 4.78. The maximum atomic E-state index is 12.5. The first-order valence-electron chi connectivity index (χ1n) is 5.34. The van der Waals surface area contributed by atoms with E-state index in [4.69, 9.17) is 5.11 Å². The highest BCUT2D eigenvalue weighted by Gasteiger charge is 2.34. The molecule has 1 aromatic rings. The van der Waals surface area contributed by atoms with Gasteiger partial charge >= 0.3 is 12.1 Å². The number of carboxylic acids is 1. The van der Waals surface area contributed by atoms with Gasteiger partial charge in [0.2, 0.25) is 0 Å². The minimum Gasteiger partial charge on any atom is -0.478 e. The summed E-state index contributed by atoms with van der Waals surface area (Å²) in [6, 6.07) is 0.699. The van der Waals surface area contributed by atoms with Gasteiger partial charge < -0.3 is 10.0 Å². The van der Waals surface area contributed by atoms with Crippen LogP contribution in [0.2, 0.25) is 0 Å². The van der Waals surface area contributed by atoms with Crippen molar-refractivity contribution < 1.29 is 23.1 Å². The molecule has 1 N–H and O–H groups in total. The molecule has 0 bridgehead atoms. The lowest BCUT2D eigenvalue weighted by Gasteiger charge is -2.29. The molecule has 0 unspecified atom stereocenters. The zero-order valence-corrected chi connectivity index (χ0v) is 11.8. The summed E-state index contributed by atoms with van der Waals surface area (Å²) in [6.45, 7) is 1.84. The molecule has 0 saturated carbocycles. The number of alkyl halides is 3. The maximum Gasteiger partial charge on any atom is 0.405 e. The molecule has 0 radical (unpaired) electrons. The summed E-state index contributed by atoms with van der Waals surface area (Å²) in [4.78, 5) is 15.8. The van der Waals surface area contributed by atoms with Crippen LogP contribution in [0, 0.1) is 0 Å². The number of nitrogens with zero attached hydrogens (tertiary/aromatic N) is 2. The van der Waals surface area contributed by atoms with Gasteiger partial charge in [0.15, 0.2) is 0 Å². The second kappa shape index (κ2) is 5.77. The molecule has 1 rings (SSSR count). The molecule has 8 heteroatoms. The Morgan fingerprint density at radius 1 is 1.53 bits per heavy atom. The largest absolute Gasteiger partial charge is 0.478 e. The Morgan fingerprint density at radius 3 is 2.53 bits per heavy atom. The van der Waals surface area contributed by atoms with Crippen molar-refractivity contribution in [2.45, 2.75) is 26.1 Å². The molecular formula is C11H12BrF3N2O2. The first-order chi connectivity index (χ1) is 8.61. The van der Waals surface area contributed by atoms with E-state index in [2.05, 4.69) is 20.9 Å². The van der Waals surface area contributed by atoms with Gasteiger partial charge in [-0.25, -0.2) is 9.78 Å². The molecule has 0 amide bonds. The van der Waals surface area contributed by atoms with Crippen molar-refractivity contribution in [3.8, 4) is 0 Å². The SMILES string of the molecule is CC(C)N(CC(F)(F)F)c1ncc(Br)cc1C(=O)O. The monoisotopic (exact) mass is 340 g/mol. The van der Waals surface area contributed by atoms with Crippen LogP contribution in [0.3, 0.4) is 0 Å². The van der Waals surface area contributed by atoms with E-state index in [9.17, 15) is 18.0 Å². The number of rotatable bonds is 4. The van der Waals surface area contributed by atoms with Crippen LogP contribution in [0.4, 0.5) is 19.0 Å². The van der Waals surface area contributed by atoms with E-state index in [0.29, 0.717) is 4.47 Å². The van der Waals surface area contributed by atoms with Gasteiger partial charge in [-0.05, 0) is 35.8 Å². The molecule has 1 heterocycles. The lowest BCUT2D eigenvalue weighted by Crippen LogP contribution is -2.40. The van der Waals surface area contributed by atoms with Crippen LogP contribution in [-0.4, -0.2) is 34.8 Å². The van der Waals surface area contributed by atoms with Gasteiger partial charge in [-0.1, -0.05) is 0 Å². The topological polar surface area (TPSA) is 53.4 Å². The Bertz CT molecular complexity index is 477. The van der Waals surface area contributed by atoms with Gasteiger partial charge in [0.25, 0.3) is 0 Å². The third-order valence-corrected chi connectivity index (χ3v) is 2.74. The Hall–Kier alpha value is -1.31. The summed E-state index contributed by atoms with van der Waals surface area (Å²) >= 11 is 3.05. The van der Waals surface area contributed by atoms with Crippen molar-refractivity contribution in [1.82, 2.24) is 4.98 Å². The summed E-state index contributed by atoms with van der Waals surface area (Å²) < 4.78 is 38.0. The van der Waals surface area contributed by atoms with Crippen LogP contribution in [0.25, 0.3) is 0 Å². The molecule has 1 aromatic heterocycles. The number of hydrogen-bond donors (Lipinski definition) is 1. The van der Waals surface area contributed by atoms with Crippen LogP contribution >= 0.6 is 15.9 Å². The van der Waals surface area contributed by atoms with E-state index in [0.717, 1.165) is 4.90 Å². The van der Waals surface area contributed by atoms with Crippen LogP contribution in [-0.2, 0) is 0 Å². The van der Waals surface area contributed by atoms with Crippen molar-refractivity contribution in [3.05, 3.63) is 22.3 Å². The minimum absolute atomic E-state index is 0.192. The summed E-state index contributed by atoms with van der Waals surface area (Å²) in [6.07, 6.45) is -3.16. The van der Waals surface area contributed by atoms with E-state index in [1.807, 2.05) is 0 Å². The molecule has 106 valence electrons. The van der Waals surface area contributed by atoms with Crippen LogP contribution in [0.15, 0.2) is 16.7 Å². The first kappa shape index (κ1) is 15.7. The van der Waals surface area contributed by atoms with Gasteiger partial charge in [-0.2, -0.15) is 13.2 Å². The summed E-state index contributed by atoms with van der Waals surface area (Å²) in [5.41, 5.74) is -0.271. The van der Waals surface area contributed by atoms with E-state index in [1.54, 1.807) is 13.8 Å². The third kappa shape index (κ3) is 4.38. The molecule has 0 aliphatic carbocycles. The molecule has 0 saturated heterocycles. The van der Waals surface area contributed by atoms with Gasteiger partial charge in [0.05, 0.1) is 0 Å². The molecule has 0 fully saturated rings. The number of anilines is 1. The standard InChI is InChI=1S/C11H12BrF3N2O2/c1-6(2)17(5-11(13,14)15)9-8(10(18)19)3-7(12)4-16-9/h3-4,6H,5H2,1-2H3,(H,18,19). The average molecular weight is 341 g/mol. The lowest BCUT2D eigenvalue weighted by atomic mass is 10.2. The molecule has 0 spiro atoms. The number of carboxylic acid groups (broad SMARTS) is 1. The number of aromatic nitrogens is 1. The van der Waals surface area contributed by atoms with Crippen LogP contribution in [0.5, 0.6) is 0 Å².